The van der Waals surface area contributed by atoms with Gasteiger partial charge in [0.25, 0.3) is 0 Å². The van der Waals surface area contributed by atoms with Crippen LogP contribution in [0.2, 0.25) is 0 Å². The zero-order chi connectivity index (χ0) is 20.7. The molecule has 1 fully saturated rings. The Bertz CT molecular complexity index is 1010. The molecular formula is C22H23N3O5. The predicted octanol–water partition coefficient (Wildman–Crippen LogP) is 2.03. The van der Waals surface area contributed by atoms with Crippen LogP contribution in [0.4, 0.5) is 11.4 Å². The van der Waals surface area contributed by atoms with Crippen LogP contribution in [0.25, 0.3) is 0 Å². The maximum absolute atomic E-state index is 12.7. The molecule has 2 aromatic rings. The fourth-order valence-electron chi connectivity index (χ4n) is 4.14. The van der Waals surface area contributed by atoms with Crippen molar-refractivity contribution in [3.05, 3.63) is 42.0 Å². The number of fused-ring (bicyclic) bond motifs is 2. The van der Waals surface area contributed by atoms with Gasteiger partial charge in [-0.3, -0.25) is 9.59 Å². The molecule has 1 amide bonds. The highest BCUT2D eigenvalue weighted by Crippen LogP contribution is 2.36. The van der Waals surface area contributed by atoms with Gasteiger partial charge in [-0.25, -0.2) is 0 Å². The Morgan fingerprint density at radius 1 is 1.10 bits per heavy atom. The largest absolute Gasteiger partial charge is 0.454 e. The normalized spacial score (nSPS) is 19.5. The SMILES string of the molecule is C[C@@H]1CN(C(=O)CNc2ccc3c(c2)OC(=O)C3)CCN1c1ccc2c(c1)OCO2. The molecule has 8 nitrogen and oxygen atoms in total. The monoisotopic (exact) mass is 409 g/mol. The van der Waals surface area contributed by atoms with E-state index in [1.807, 2.05) is 35.2 Å². The number of carbonyl (C=O) groups is 2. The Hall–Kier alpha value is -3.42. The molecule has 3 aliphatic heterocycles. The number of hydrogen-bond acceptors (Lipinski definition) is 7. The van der Waals surface area contributed by atoms with Crippen molar-refractivity contribution in [2.45, 2.75) is 19.4 Å². The summed E-state index contributed by atoms with van der Waals surface area (Å²) >= 11 is 0. The van der Waals surface area contributed by atoms with Crippen LogP contribution in [-0.4, -0.2) is 55.8 Å². The van der Waals surface area contributed by atoms with E-state index >= 15 is 0 Å². The lowest BCUT2D eigenvalue weighted by Gasteiger charge is -2.41. The van der Waals surface area contributed by atoms with E-state index in [-0.39, 0.29) is 31.3 Å². The van der Waals surface area contributed by atoms with E-state index in [4.69, 9.17) is 14.2 Å². The number of amides is 1. The van der Waals surface area contributed by atoms with Crippen molar-refractivity contribution in [2.24, 2.45) is 0 Å². The van der Waals surface area contributed by atoms with Crippen LogP contribution >= 0.6 is 0 Å². The molecule has 0 aromatic heterocycles. The molecule has 0 spiro atoms. The van der Waals surface area contributed by atoms with Crippen molar-refractivity contribution in [1.29, 1.82) is 0 Å². The van der Waals surface area contributed by atoms with Gasteiger partial charge >= 0.3 is 5.97 Å². The highest BCUT2D eigenvalue weighted by molar-refractivity contribution is 5.83. The molecule has 0 radical (unpaired) electrons. The van der Waals surface area contributed by atoms with E-state index < -0.39 is 0 Å². The molecule has 8 heteroatoms. The van der Waals surface area contributed by atoms with E-state index in [0.29, 0.717) is 25.3 Å². The van der Waals surface area contributed by atoms with Crippen LogP contribution in [-0.2, 0) is 16.0 Å². The van der Waals surface area contributed by atoms with E-state index in [9.17, 15) is 9.59 Å². The summed E-state index contributed by atoms with van der Waals surface area (Å²) in [4.78, 5) is 28.3. The third kappa shape index (κ3) is 3.49. The molecule has 1 atom stereocenters. The van der Waals surface area contributed by atoms with Crippen LogP contribution in [0.1, 0.15) is 12.5 Å². The van der Waals surface area contributed by atoms with Crippen LogP contribution in [0.15, 0.2) is 36.4 Å². The van der Waals surface area contributed by atoms with Crippen LogP contribution < -0.4 is 24.4 Å². The van der Waals surface area contributed by atoms with Gasteiger partial charge in [0.15, 0.2) is 11.5 Å². The number of esters is 1. The molecule has 156 valence electrons. The molecule has 0 bridgehead atoms. The summed E-state index contributed by atoms with van der Waals surface area (Å²) in [6, 6.07) is 11.6. The summed E-state index contributed by atoms with van der Waals surface area (Å²) in [7, 11) is 0. The third-order valence-corrected chi connectivity index (χ3v) is 5.74. The van der Waals surface area contributed by atoms with Gasteiger partial charge < -0.3 is 29.3 Å². The Morgan fingerprint density at radius 3 is 2.83 bits per heavy atom. The number of ether oxygens (including phenoxy) is 3. The maximum Gasteiger partial charge on any atom is 0.315 e. The molecule has 5 rings (SSSR count). The molecule has 1 saturated heterocycles. The van der Waals surface area contributed by atoms with Gasteiger partial charge in [0, 0.05) is 54.7 Å². The standard InChI is InChI=1S/C22H23N3O5/c1-14-12-24(6-7-25(14)17-4-5-18-20(10-17)29-13-28-18)21(26)11-23-16-3-2-15-8-22(27)30-19(15)9-16/h2-5,9-10,14,23H,6-8,11-13H2,1H3/t14-/m1/s1. The highest BCUT2D eigenvalue weighted by atomic mass is 16.7. The number of nitrogens with zero attached hydrogens (tertiary/aromatic N) is 2. The van der Waals surface area contributed by atoms with E-state index in [2.05, 4.69) is 17.1 Å². The van der Waals surface area contributed by atoms with Gasteiger partial charge in [0.05, 0.1) is 13.0 Å². The number of benzene rings is 2. The van der Waals surface area contributed by atoms with Crippen molar-refractivity contribution in [2.75, 3.05) is 43.2 Å². The zero-order valence-corrected chi connectivity index (χ0v) is 16.7. The average molecular weight is 409 g/mol. The predicted molar refractivity (Wildman–Crippen MR) is 110 cm³/mol. The fourth-order valence-corrected chi connectivity index (χ4v) is 4.14. The lowest BCUT2D eigenvalue weighted by atomic mass is 10.1. The van der Waals surface area contributed by atoms with Crippen molar-refractivity contribution in [1.82, 2.24) is 4.90 Å². The lowest BCUT2D eigenvalue weighted by Crippen LogP contribution is -2.54. The molecule has 30 heavy (non-hydrogen) atoms. The summed E-state index contributed by atoms with van der Waals surface area (Å²) in [5, 5.41) is 3.15. The lowest BCUT2D eigenvalue weighted by molar-refractivity contribution is -0.132. The Kier molecular flexibility index (Phi) is 4.61. The quantitative estimate of drug-likeness (QED) is 0.611. The van der Waals surface area contributed by atoms with Gasteiger partial charge in [-0.1, -0.05) is 6.07 Å². The fraction of sp³-hybridized carbons (Fsp3) is 0.364. The summed E-state index contributed by atoms with van der Waals surface area (Å²) in [5.74, 6) is 1.91. The number of anilines is 2. The van der Waals surface area contributed by atoms with E-state index in [1.165, 1.54) is 0 Å². The molecule has 0 aliphatic carbocycles. The van der Waals surface area contributed by atoms with Crippen molar-refractivity contribution in [3.8, 4) is 17.2 Å². The van der Waals surface area contributed by atoms with Crippen molar-refractivity contribution in [3.63, 3.8) is 0 Å². The first-order valence-corrected chi connectivity index (χ1v) is 10.1. The first-order valence-electron chi connectivity index (χ1n) is 10.1. The molecule has 0 unspecified atom stereocenters. The van der Waals surface area contributed by atoms with Gasteiger partial charge in [0.1, 0.15) is 5.75 Å². The Morgan fingerprint density at radius 2 is 1.97 bits per heavy atom. The second-order valence-electron chi connectivity index (χ2n) is 7.75. The molecule has 3 aliphatic rings. The minimum atomic E-state index is -0.243. The number of rotatable bonds is 4. The summed E-state index contributed by atoms with van der Waals surface area (Å²) in [5.41, 5.74) is 2.72. The molecule has 1 N–H and O–H groups in total. The highest BCUT2D eigenvalue weighted by Gasteiger charge is 2.28. The average Bonchev–Trinajstić information content (AvgIpc) is 3.36. The van der Waals surface area contributed by atoms with Gasteiger partial charge in [-0.05, 0) is 25.1 Å². The second kappa shape index (κ2) is 7.44. The van der Waals surface area contributed by atoms with Gasteiger partial charge in [-0.15, -0.1) is 0 Å². The van der Waals surface area contributed by atoms with E-state index in [1.54, 1.807) is 6.07 Å². The second-order valence-corrected chi connectivity index (χ2v) is 7.75. The smallest absolute Gasteiger partial charge is 0.315 e. The van der Waals surface area contributed by atoms with Crippen LogP contribution in [0.3, 0.4) is 0 Å². The van der Waals surface area contributed by atoms with E-state index in [0.717, 1.165) is 35.0 Å². The number of carbonyl (C=O) groups excluding carboxylic acids is 2. The maximum atomic E-state index is 12.7. The van der Waals surface area contributed by atoms with Crippen LogP contribution in [0.5, 0.6) is 17.2 Å². The summed E-state index contributed by atoms with van der Waals surface area (Å²) in [6.07, 6.45) is 0.306. The molecule has 3 heterocycles. The summed E-state index contributed by atoms with van der Waals surface area (Å²) in [6.45, 7) is 4.63. The summed E-state index contributed by atoms with van der Waals surface area (Å²) < 4.78 is 16.0. The minimum Gasteiger partial charge on any atom is -0.454 e. The molecular weight excluding hydrogens is 386 g/mol. The third-order valence-electron chi connectivity index (χ3n) is 5.74. The first kappa shape index (κ1) is 18.6. The number of piperazine rings is 1. The van der Waals surface area contributed by atoms with Crippen molar-refractivity contribution < 1.29 is 23.8 Å². The Labute approximate surface area is 174 Å². The minimum absolute atomic E-state index is 0.0460. The van der Waals surface area contributed by atoms with Crippen molar-refractivity contribution >= 4 is 23.3 Å². The number of hydrogen-bond donors (Lipinski definition) is 1. The van der Waals surface area contributed by atoms with Gasteiger partial charge in [0.2, 0.25) is 12.7 Å². The Balaban J connectivity index is 1.17. The van der Waals surface area contributed by atoms with Gasteiger partial charge in [-0.2, -0.15) is 0 Å². The van der Waals surface area contributed by atoms with Crippen LogP contribution in [0, 0.1) is 0 Å². The molecule has 2 aromatic carbocycles. The topological polar surface area (TPSA) is 80.3 Å². The first-order chi connectivity index (χ1) is 14.6. The molecule has 0 saturated carbocycles. The zero-order valence-electron chi connectivity index (χ0n) is 16.7. The number of nitrogens with one attached hydrogen (secondary N) is 1.